The molecule has 1 aromatic carbocycles. The lowest BCUT2D eigenvalue weighted by Gasteiger charge is -2.41. The number of hydrogen-bond acceptors (Lipinski definition) is 1. The van der Waals surface area contributed by atoms with Gasteiger partial charge in [-0.15, -0.1) is 0 Å². The van der Waals surface area contributed by atoms with Crippen molar-refractivity contribution in [2.24, 2.45) is 5.92 Å². The number of hydrogen-bond donors (Lipinski definition) is 0. The predicted octanol–water partition coefficient (Wildman–Crippen LogP) is 10.3. The molecule has 1 heterocycles. The topological polar surface area (TPSA) is 12.9 Å². The van der Waals surface area contributed by atoms with E-state index in [-0.39, 0.29) is 5.41 Å². The Bertz CT molecular complexity index is 1190. The minimum Gasteiger partial charge on any atom is -0.256 e. The molecule has 3 aliphatic carbocycles. The first-order valence-corrected chi connectivity index (χ1v) is 13.5. The zero-order chi connectivity index (χ0) is 25.6. The predicted molar refractivity (Wildman–Crippen MR) is 156 cm³/mol. The summed E-state index contributed by atoms with van der Waals surface area (Å²) >= 11 is 0. The highest BCUT2D eigenvalue weighted by atomic mass is 14.7. The SMILES string of the molecule is CC1=CCC(C)=C1.CCC.CCC=CCC1CC=C(C)C2=C1c1nccc3cccc(c13)C2(C)C. The molecule has 0 radical (unpaired) electrons. The van der Waals surface area contributed by atoms with E-state index >= 15 is 0 Å². The number of aromatic nitrogens is 1. The van der Waals surface area contributed by atoms with Crippen molar-refractivity contribution in [1.82, 2.24) is 4.98 Å². The molecule has 0 amide bonds. The van der Waals surface area contributed by atoms with Gasteiger partial charge in [0.1, 0.15) is 0 Å². The molecule has 1 unspecified atom stereocenters. The van der Waals surface area contributed by atoms with E-state index in [0.717, 1.165) is 19.3 Å². The summed E-state index contributed by atoms with van der Waals surface area (Å²) in [4.78, 5) is 4.89. The molecule has 186 valence electrons. The van der Waals surface area contributed by atoms with E-state index in [1.54, 1.807) is 0 Å². The quantitative estimate of drug-likeness (QED) is 0.409. The third kappa shape index (κ3) is 5.77. The molecule has 1 aromatic heterocycles. The van der Waals surface area contributed by atoms with Crippen molar-refractivity contribution in [1.29, 1.82) is 0 Å². The molecular weight excluding hydrogens is 422 g/mol. The number of nitrogens with zero attached hydrogens (tertiary/aromatic N) is 1. The van der Waals surface area contributed by atoms with Crippen molar-refractivity contribution in [3.05, 3.63) is 94.4 Å². The van der Waals surface area contributed by atoms with Gasteiger partial charge in [0.2, 0.25) is 0 Å². The van der Waals surface area contributed by atoms with E-state index < -0.39 is 0 Å². The van der Waals surface area contributed by atoms with Gasteiger partial charge in [0.25, 0.3) is 0 Å². The van der Waals surface area contributed by atoms with Gasteiger partial charge in [-0.2, -0.15) is 0 Å². The number of fused-ring (bicyclic) bond motifs is 1. The Morgan fingerprint density at radius 1 is 1.00 bits per heavy atom. The van der Waals surface area contributed by atoms with Gasteiger partial charge >= 0.3 is 0 Å². The second-order valence-corrected chi connectivity index (χ2v) is 10.8. The maximum atomic E-state index is 4.89. The van der Waals surface area contributed by atoms with Crippen LogP contribution in [0.3, 0.4) is 0 Å². The smallest absolute Gasteiger partial charge is 0.0749 e. The van der Waals surface area contributed by atoms with Gasteiger partial charge in [0.05, 0.1) is 5.69 Å². The third-order valence-corrected chi connectivity index (χ3v) is 7.17. The number of allylic oxidation sites excluding steroid dienone is 10. The van der Waals surface area contributed by atoms with Crippen LogP contribution in [0.2, 0.25) is 0 Å². The Labute approximate surface area is 214 Å². The largest absolute Gasteiger partial charge is 0.256 e. The van der Waals surface area contributed by atoms with Gasteiger partial charge in [-0.1, -0.05) is 106 Å². The lowest BCUT2D eigenvalue weighted by Crippen LogP contribution is -2.30. The van der Waals surface area contributed by atoms with Gasteiger partial charge < -0.3 is 0 Å². The van der Waals surface area contributed by atoms with Crippen LogP contribution in [-0.2, 0) is 5.41 Å². The summed E-state index contributed by atoms with van der Waals surface area (Å²) in [6, 6.07) is 8.87. The van der Waals surface area contributed by atoms with E-state index in [4.69, 9.17) is 4.98 Å². The van der Waals surface area contributed by atoms with Crippen molar-refractivity contribution >= 4 is 16.3 Å². The zero-order valence-electron chi connectivity index (χ0n) is 23.3. The van der Waals surface area contributed by atoms with Gasteiger partial charge in [-0.05, 0) is 80.5 Å². The molecule has 0 saturated heterocycles. The standard InChI is InChI=1S/C24H27N.C7H10.C3H8/c1-5-6-7-9-17-13-12-16(2)22-21(17)23-20-18(14-15-25-23)10-8-11-19(20)24(22,3)4;1-6-3-4-7(2)5-6;1-3-2/h6-8,10-12,14-15,17H,5,9,13H2,1-4H3;3,5H,4H2,1-2H3;3H2,1-2H3. The van der Waals surface area contributed by atoms with Gasteiger partial charge in [0, 0.05) is 17.0 Å². The molecule has 5 rings (SSSR count). The first-order chi connectivity index (χ1) is 16.8. The summed E-state index contributed by atoms with van der Waals surface area (Å²) in [5, 5.41) is 2.69. The summed E-state index contributed by atoms with van der Waals surface area (Å²) in [7, 11) is 0. The molecule has 0 bridgehead atoms. The fourth-order valence-electron chi connectivity index (χ4n) is 5.66. The highest BCUT2D eigenvalue weighted by Crippen LogP contribution is 2.53. The first kappa shape index (κ1) is 26.9. The Morgan fingerprint density at radius 3 is 2.34 bits per heavy atom. The maximum absolute atomic E-state index is 4.89. The minimum atomic E-state index is 0.0264. The Hall–Kier alpha value is -2.67. The average Bonchev–Trinajstić information content (AvgIpc) is 3.21. The lowest BCUT2D eigenvalue weighted by atomic mass is 9.63. The number of pyridine rings is 1. The molecular formula is C34H45N. The van der Waals surface area contributed by atoms with Crippen LogP contribution in [0.1, 0.15) is 98.8 Å². The summed E-state index contributed by atoms with van der Waals surface area (Å²) in [6.07, 6.45) is 19.3. The average molecular weight is 468 g/mol. The van der Waals surface area contributed by atoms with Crippen LogP contribution in [0.15, 0.2) is 83.1 Å². The first-order valence-electron chi connectivity index (χ1n) is 13.5. The van der Waals surface area contributed by atoms with Gasteiger partial charge in [0.15, 0.2) is 0 Å². The molecule has 0 N–H and O–H groups in total. The van der Waals surface area contributed by atoms with E-state index in [2.05, 4.69) is 110 Å². The maximum Gasteiger partial charge on any atom is 0.0749 e. The van der Waals surface area contributed by atoms with Crippen LogP contribution in [0, 0.1) is 5.92 Å². The monoisotopic (exact) mass is 467 g/mol. The van der Waals surface area contributed by atoms with Crippen molar-refractivity contribution < 1.29 is 0 Å². The summed E-state index contributed by atoms with van der Waals surface area (Å²) < 4.78 is 0. The van der Waals surface area contributed by atoms with Crippen LogP contribution in [0.25, 0.3) is 16.3 Å². The van der Waals surface area contributed by atoms with Gasteiger partial charge in [-0.3, -0.25) is 4.98 Å². The lowest BCUT2D eigenvalue weighted by molar-refractivity contribution is 0.592. The van der Waals surface area contributed by atoms with Crippen molar-refractivity contribution in [3.8, 4) is 0 Å². The Morgan fingerprint density at radius 2 is 1.74 bits per heavy atom. The molecule has 1 atom stereocenters. The molecule has 35 heavy (non-hydrogen) atoms. The fraction of sp³-hybridized carbons (Fsp3) is 0.441. The van der Waals surface area contributed by atoms with E-state index in [1.807, 2.05) is 6.20 Å². The molecule has 1 nitrogen and oxygen atoms in total. The van der Waals surface area contributed by atoms with Crippen molar-refractivity contribution in [2.45, 2.75) is 92.9 Å². The fourth-order valence-corrected chi connectivity index (χ4v) is 5.66. The summed E-state index contributed by atoms with van der Waals surface area (Å²) in [6.45, 7) is 17.8. The number of benzene rings is 1. The van der Waals surface area contributed by atoms with Crippen LogP contribution in [0.5, 0.6) is 0 Å². The van der Waals surface area contributed by atoms with E-state index in [9.17, 15) is 0 Å². The van der Waals surface area contributed by atoms with Crippen molar-refractivity contribution in [2.75, 3.05) is 0 Å². The van der Waals surface area contributed by atoms with Crippen LogP contribution in [-0.4, -0.2) is 4.98 Å². The molecule has 3 aliphatic rings. The summed E-state index contributed by atoms with van der Waals surface area (Å²) in [5.74, 6) is 0.534. The molecule has 0 spiro atoms. The van der Waals surface area contributed by atoms with Crippen LogP contribution in [0.4, 0.5) is 0 Å². The highest BCUT2D eigenvalue weighted by molar-refractivity contribution is 6.00. The molecule has 1 heteroatoms. The second-order valence-electron chi connectivity index (χ2n) is 10.8. The van der Waals surface area contributed by atoms with E-state index in [1.165, 1.54) is 62.7 Å². The van der Waals surface area contributed by atoms with Gasteiger partial charge in [-0.25, -0.2) is 0 Å². The second kappa shape index (κ2) is 11.8. The van der Waals surface area contributed by atoms with Crippen LogP contribution >= 0.6 is 0 Å². The third-order valence-electron chi connectivity index (χ3n) is 7.17. The zero-order valence-corrected chi connectivity index (χ0v) is 23.3. The molecule has 0 saturated carbocycles. The normalized spacial score (nSPS) is 19.8. The minimum absolute atomic E-state index is 0.0264. The van der Waals surface area contributed by atoms with E-state index in [0.29, 0.717) is 5.92 Å². The van der Waals surface area contributed by atoms with Crippen LogP contribution < -0.4 is 0 Å². The molecule has 0 fully saturated rings. The Kier molecular flexibility index (Phi) is 9.11. The van der Waals surface area contributed by atoms with Crippen molar-refractivity contribution in [3.63, 3.8) is 0 Å². The number of rotatable bonds is 3. The Balaban J connectivity index is 0.000000288. The summed E-state index contributed by atoms with van der Waals surface area (Å²) in [5.41, 5.74) is 10.0. The highest BCUT2D eigenvalue weighted by Gasteiger charge is 2.40. The molecule has 2 aromatic rings. The molecule has 0 aliphatic heterocycles.